The summed E-state index contributed by atoms with van der Waals surface area (Å²) in [5.74, 6) is -0.395. The second-order valence-corrected chi connectivity index (χ2v) is 10.3. The highest BCUT2D eigenvalue weighted by atomic mass is 31.2. The summed E-state index contributed by atoms with van der Waals surface area (Å²) in [6, 6.07) is 8.66. The first-order chi connectivity index (χ1) is 19.8. The molecule has 220 valence electrons. The summed E-state index contributed by atoms with van der Waals surface area (Å²) in [4.78, 5) is 49.4. The molecule has 4 rings (SSSR count). The summed E-state index contributed by atoms with van der Waals surface area (Å²) in [6.45, 7) is 0.603. The molecule has 1 saturated heterocycles. The molecule has 1 aliphatic rings. The van der Waals surface area contributed by atoms with Crippen LogP contribution in [0.25, 0.3) is 10.4 Å². The normalized spacial score (nSPS) is 20.0. The van der Waals surface area contributed by atoms with Crippen LogP contribution in [0.5, 0.6) is 11.5 Å². The number of ether oxygens (including phenoxy) is 1. The van der Waals surface area contributed by atoms with E-state index in [1.807, 2.05) is 0 Å². The number of hydrogen-bond acceptors (Lipinski definition) is 13. The number of aromatic amines is 1. The van der Waals surface area contributed by atoms with Crippen molar-refractivity contribution in [1.82, 2.24) is 9.55 Å². The van der Waals surface area contributed by atoms with Crippen LogP contribution in [0.1, 0.15) is 18.2 Å². The van der Waals surface area contributed by atoms with Crippen molar-refractivity contribution in [3.8, 4) is 11.5 Å². The fourth-order valence-corrected chi connectivity index (χ4v) is 5.02. The topological polar surface area (TPSA) is 264 Å². The number of benzene rings is 2. The van der Waals surface area contributed by atoms with Gasteiger partial charge in [0.15, 0.2) is 5.72 Å². The van der Waals surface area contributed by atoms with E-state index >= 15 is 0 Å². The van der Waals surface area contributed by atoms with Crippen LogP contribution in [0.3, 0.4) is 0 Å². The Morgan fingerprint density at radius 2 is 1.64 bits per heavy atom. The average molecular weight is 605 g/mol. The zero-order chi connectivity index (χ0) is 30.7. The summed E-state index contributed by atoms with van der Waals surface area (Å²) in [5.41, 5.74) is 4.71. The molecule has 1 aliphatic heterocycles. The highest BCUT2D eigenvalue weighted by Crippen LogP contribution is 2.51. The van der Waals surface area contributed by atoms with Crippen LogP contribution in [0.4, 0.5) is 11.4 Å². The lowest BCUT2D eigenvalue weighted by molar-refractivity contribution is -0.385. The monoisotopic (exact) mass is 605 g/mol. The quantitative estimate of drug-likeness (QED) is 0.0796. The molecule has 0 unspecified atom stereocenters. The maximum absolute atomic E-state index is 13.7. The number of H-pyrrole nitrogens is 1. The Kier molecular flexibility index (Phi) is 8.41. The predicted molar refractivity (Wildman–Crippen MR) is 140 cm³/mol. The molecule has 0 bridgehead atoms. The third-order valence-corrected chi connectivity index (χ3v) is 7.23. The van der Waals surface area contributed by atoms with Crippen molar-refractivity contribution in [2.24, 2.45) is 5.11 Å². The van der Waals surface area contributed by atoms with Gasteiger partial charge in [0.25, 0.3) is 16.9 Å². The van der Waals surface area contributed by atoms with E-state index < -0.39 is 60.0 Å². The zero-order valence-electron chi connectivity index (χ0n) is 21.3. The van der Waals surface area contributed by atoms with Crippen LogP contribution < -0.4 is 20.3 Å². The van der Waals surface area contributed by atoms with Gasteiger partial charge in [-0.1, -0.05) is 5.11 Å². The molecule has 0 saturated carbocycles. The Morgan fingerprint density at radius 3 is 2.12 bits per heavy atom. The fourth-order valence-electron chi connectivity index (χ4n) is 3.80. The maximum Gasteiger partial charge on any atom is 0.587 e. The summed E-state index contributed by atoms with van der Waals surface area (Å²) < 4.78 is 36.6. The van der Waals surface area contributed by atoms with E-state index in [0.29, 0.717) is 0 Å². The van der Waals surface area contributed by atoms with Crippen molar-refractivity contribution in [3.63, 3.8) is 0 Å². The van der Waals surface area contributed by atoms with Gasteiger partial charge in [0.05, 0.1) is 16.5 Å². The second-order valence-electron chi connectivity index (χ2n) is 8.76. The van der Waals surface area contributed by atoms with E-state index in [4.69, 9.17) is 23.8 Å². The number of aryl methyl sites for hydroxylation is 1. The second kappa shape index (κ2) is 11.8. The molecule has 2 aromatic carbocycles. The number of nitrogens with one attached hydrogen (secondary N) is 1. The van der Waals surface area contributed by atoms with Gasteiger partial charge in [-0.3, -0.25) is 39.1 Å². The number of non-ortho nitro benzene ring substituents is 2. The third kappa shape index (κ3) is 6.63. The lowest BCUT2D eigenvalue weighted by Gasteiger charge is -2.25. The Balaban J connectivity index is 1.62. The minimum Gasteiger partial charge on any atom is -0.395 e. The standard InChI is InChI=1S/C22H20N7O12P/c1-13-11-27(21(31)24-20(13)30)19-10-22(32,25-26-23)18(39-19)12-38-42(37,40-16-6-2-14(3-7-16)28(33)34)41-17-8-4-15(5-9-17)29(35)36/h2-9,11,18-19,32H,10,12H2,1H3,(H,24,30,31)/t18-,19-,22+/m1/s1. The van der Waals surface area contributed by atoms with Crippen LogP contribution in [0.15, 0.2) is 69.4 Å². The van der Waals surface area contributed by atoms with E-state index in [-0.39, 0.29) is 28.4 Å². The number of aromatic nitrogens is 2. The molecule has 2 heterocycles. The van der Waals surface area contributed by atoms with E-state index in [2.05, 4.69) is 15.0 Å². The minimum atomic E-state index is -4.77. The van der Waals surface area contributed by atoms with Gasteiger partial charge in [0, 0.05) is 47.4 Å². The summed E-state index contributed by atoms with van der Waals surface area (Å²) in [5, 5.41) is 36.3. The van der Waals surface area contributed by atoms with Crippen molar-refractivity contribution >= 4 is 19.2 Å². The number of nitrogens with zero attached hydrogens (tertiary/aromatic N) is 6. The van der Waals surface area contributed by atoms with Gasteiger partial charge in [-0.2, -0.15) is 0 Å². The van der Waals surface area contributed by atoms with Crippen molar-refractivity contribution in [1.29, 1.82) is 0 Å². The van der Waals surface area contributed by atoms with Crippen LogP contribution >= 0.6 is 7.82 Å². The molecule has 19 nitrogen and oxygen atoms in total. The first kappa shape index (κ1) is 29.9. The molecular weight excluding hydrogens is 585 g/mol. The minimum absolute atomic E-state index is 0.141. The number of azide groups is 1. The highest BCUT2D eigenvalue weighted by molar-refractivity contribution is 7.49. The Morgan fingerprint density at radius 1 is 1.12 bits per heavy atom. The van der Waals surface area contributed by atoms with Crippen molar-refractivity contribution in [3.05, 3.63) is 112 Å². The summed E-state index contributed by atoms with van der Waals surface area (Å²) in [6.07, 6.45) is -2.13. The number of nitro groups is 2. The number of aliphatic hydroxyl groups is 1. The number of rotatable bonds is 11. The molecule has 0 aliphatic carbocycles. The van der Waals surface area contributed by atoms with E-state index in [1.165, 1.54) is 13.1 Å². The molecule has 0 radical (unpaired) electrons. The Bertz CT molecular complexity index is 1660. The Labute approximate surface area is 233 Å². The van der Waals surface area contributed by atoms with E-state index in [1.54, 1.807) is 0 Å². The van der Waals surface area contributed by atoms with Gasteiger partial charge < -0.3 is 18.9 Å². The molecule has 3 atom stereocenters. The smallest absolute Gasteiger partial charge is 0.395 e. The zero-order valence-corrected chi connectivity index (χ0v) is 22.2. The van der Waals surface area contributed by atoms with Crippen LogP contribution in [-0.2, 0) is 13.8 Å². The first-order valence-corrected chi connectivity index (χ1v) is 13.2. The van der Waals surface area contributed by atoms with Gasteiger partial charge in [0.2, 0.25) is 0 Å². The van der Waals surface area contributed by atoms with Gasteiger partial charge >= 0.3 is 13.5 Å². The molecule has 0 spiro atoms. The molecule has 20 heteroatoms. The number of phosphoric acid groups is 1. The number of hydrogen-bond donors (Lipinski definition) is 2. The summed E-state index contributed by atoms with van der Waals surface area (Å²) >= 11 is 0. The van der Waals surface area contributed by atoms with Gasteiger partial charge in [-0.25, -0.2) is 9.36 Å². The van der Waals surface area contributed by atoms with Crippen molar-refractivity contribution in [2.75, 3.05) is 6.61 Å². The van der Waals surface area contributed by atoms with Crippen molar-refractivity contribution in [2.45, 2.75) is 31.4 Å². The van der Waals surface area contributed by atoms with Gasteiger partial charge in [-0.05, 0) is 36.7 Å². The molecule has 2 N–H and O–H groups in total. The predicted octanol–water partition coefficient (Wildman–Crippen LogP) is 3.23. The van der Waals surface area contributed by atoms with Gasteiger partial charge in [0.1, 0.15) is 23.8 Å². The molecule has 1 fully saturated rings. The molecule has 42 heavy (non-hydrogen) atoms. The molecule has 0 amide bonds. The maximum atomic E-state index is 13.7. The van der Waals surface area contributed by atoms with Gasteiger partial charge in [-0.15, -0.1) is 0 Å². The van der Waals surface area contributed by atoms with Crippen LogP contribution in [0, 0.1) is 27.2 Å². The summed E-state index contributed by atoms with van der Waals surface area (Å²) in [7, 11) is -4.77. The van der Waals surface area contributed by atoms with Crippen molar-refractivity contribution < 1.29 is 37.8 Å². The van der Waals surface area contributed by atoms with Crippen LogP contribution in [-0.4, -0.2) is 42.9 Å². The lowest BCUT2D eigenvalue weighted by Crippen LogP contribution is -2.38. The largest absolute Gasteiger partial charge is 0.587 e. The average Bonchev–Trinajstić information content (AvgIpc) is 3.26. The number of phosphoric ester groups is 1. The van der Waals surface area contributed by atoms with E-state index in [9.17, 15) is 39.5 Å². The Hall–Kier alpha value is -5.06. The fraction of sp³-hybridized carbons (Fsp3) is 0.273. The molecule has 1 aromatic heterocycles. The first-order valence-electron chi connectivity index (χ1n) is 11.7. The molecule has 3 aromatic rings. The SMILES string of the molecule is Cc1cn([C@H]2C[C@@](O)(N=[N+]=[N-])[C@@H](COP(=O)(Oc3ccc([N+](=O)[O-])cc3)Oc3ccc([N+](=O)[O-])cc3)O2)c(=O)[nH]c1=O. The number of nitro benzene ring substituents is 2. The van der Waals surface area contributed by atoms with Crippen LogP contribution in [0.2, 0.25) is 0 Å². The third-order valence-electron chi connectivity index (χ3n) is 5.90. The van der Waals surface area contributed by atoms with E-state index in [0.717, 1.165) is 53.1 Å². The molecular formula is C22H20N7O12P. The lowest BCUT2D eigenvalue weighted by atomic mass is 10.1. The highest BCUT2D eigenvalue weighted by Gasteiger charge is 2.50.